The summed E-state index contributed by atoms with van der Waals surface area (Å²) in [6, 6.07) is 7.03. The Morgan fingerprint density at radius 3 is 2.79 bits per heavy atom. The third-order valence-corrected chi connectivity index (χ3v) is 3.58. The maximum atomic E-state index is 11.9. The number of amides is 2. The van der Waals surface area contributed by atoms with Gasteiger partial charge in [-0.25, -0.2) is 4.79 Å². The van der Waals surface area contributed by atoms with Gasteiger partial charge in [0.15, 0.2) is 0 Å². The van der Waals surface area contributed by atoms with Gasteiger partial charge < -0.3 is 15.3 Å². The summed E-state index contributed by atoms with van der Waals surface area (Å²) in [6.07, 6.45) is 0.509. The third kappa shape index (κ3) is 3.38. The molecule has 102 valence electrons. The molecule has 1 atom stereocenters. The largest absolute Gasteiger partial charge is 0.481 e. The Kier molecular flexibility index (Phi) is 4.27. The summed E-state index contributed by atoms with van der Waals surface area (Å²) in [6.45, 7) is 1.09. The average molecular weight is 283 g/mol. The van der Waals surface area contributed by atoms with Crippen molar-refractivity contribution in [3.05, 3.63) is 34.9 Å². The van der Waals surface area contributed by atoms with Crippen molar-refractivity contribution < 1.29 is 14.7 Å². The standard InChI is InChI=1S/C13H15ClN2O3/c14-11-4-2-1-3-9(11)7-15-13(19)16-6-5-10(8-16)12(17)18/h1-4,10H,5-8H2,(H,15,19)(H,17,18). The van der Waals surface area contributed by atoms with E-state index < -0.39 is 11.9 Å². The molecule has 0 spiro atoms. The normalized spacial score (nSPS) is 18.4. The number of likely N-dealkylation sites (tertiary alicyclic amines) is 1. The van der Waals surface area contributed by atoms with Crippen LogP contribution in [-0.4, -0.2) is 35.1 Å². The number of carboxylic acids is 1. The van der Waals surface area contributed by atoms with Crippen LogP contribution in [0.25, 0.3) is 0 Å². The van der Waals surface area contributed by atoms with Crippen molar-refractivity contribution in [3.8, 4) is 0 Å². The van der Waals surface area contributed by atoms with Gasteiger partial charge in [0.05, 0.1) is 5.92 Å². The molecular formula is C13H15ClN2O3. The molecule has 0 saturated carbocycles. The first-order valence-electron chi connectivity index (χ1n) is 6.07. The Morgan fingerprint density at radius 1 is 1.42 bits per heavy atom. The van der Waals surface area contributed by atoms with Gasteiger partial charge in [-0.15, -0.1) is 0 Å². The summed E-state index contributed by atoms with van der Waals surface area (Å²) in [7, 11) is 0. The lowest BCUT2D eigenvalue weighted by atomic mass is 10.1. The molecule has 0 aromatic heterocycles. The van der Waals surface area contributed by atoms with Crippen LogP contribution in [-0.2, 0) is 11.3 Å². The Hall–Kier alpha value is -1.75. The Bertz CT molecular complexity index is 493. The number of benzene rings is 1. The van der Waals surface area contributed by atoms with Crippen molar-refractivity contribution in [3.63, 3.8) is 0 Å². The Balaban J connectivity index is 1.86. The second kappa shape index (κ2) is 5.93. The molecule has 2 N–H and O–H groups in total. The van der Waals surface area contributed by atoms with E-state index in [4.69, 9.17) is 16.7 Å². The first-order chi connectivity index (χ1) is 9.08. The number of rotatable bonds is 3. The number of halogens is 1. The van der Waals surface area contributed by atoms with Crippen molar-refractivity contribution in [2.24, 2.45) is 5.92 Å². The molecule has 19 heavy (non-hydrogen) atoms. The highest BCUT2D eigenvalue weighted by Gasteiger charge is 2.30. The van der Waals surface area contributed by atoms with Crippen LogP contribution in [0.1, 0.15) is 12.0 Å². The maximum absolute atomic E-state index is 11.9. The van der Waals surface area contributed by atoms with Gasteiger partial charge in [0.2, 0.25) is 0 Å². The highest BCUT2D eigenvalue weighted by Crippen LogP contribution is 2.17. The fraction of sp³-hybridized carbons (Fsp3) is 0.385. The maximum Gasteiger partial charge on any atom is 0.317 e. The molecule has 1 saturated heterocycles. The lowest BCUT2D eigenvalue weighted by Gasteiger charge is -2.17. The SMILES string of the molecule is O=C(O)C1CCN(C(=O)NCc2ccccc2Cl)C1. The summed E-state index contributed by atoms with van der Waals surface area (Å²) in [5.41, 5.74) is 0.839. The lowest BCUT2D eigenvalue weighted by molar-refractivity contribution is -0.141. The van der Waals surface area contributed by atoms with Crippen LogP contribution in [0.2, 0.25) is 5.02 Å². The van der Waals surface area contributed by atoms with E-state index in [1.165, 1.54) is 4.90 Å². The fourth-order valence-electron chi connectivity index (χ4n) is 2.07. The summed E-state index contributed by atoms with van der Waals surface area (Å²) in [5.74, 6) is -1.30. The van der Waals surface area contributed by atoms with Gasteiger partial charge in [0.25, 0.3) is 0 Å². The van der Waals surface area contributed by atoms with E-state index in [9.17, 15) is 9.59 Å². The van der Waals surface area contributed by atoms with E-state index >= 15 is 0 Å². The first-order valence-corrected chi connectivity index (χ1v) is 6.44. The van der Waals surface area contributed by atoms with Crippen LogP contribution < -0.4 is 5.32 Å². The van der Waals surface area contributed by atoms with Crippen LogP contribution >= 0.6 is 11.6 Å². The van der Waals surface area contributed by atoms with Crippen LogP contribution in [0.5, 0.6) is 0 Å². The number of carbonyl (C=O) groups excluding carboxylic acids is 1. The highest BCUT2D eigenvalue weighted by atomic mass is 35.5. The minimum Gasteiger partial charge on any atom is -0.481 e. The number of carbonyl (C=O) groups is 2. The summed E-state index contributed by atoms with van der Waals surface area (Å²) >= 11 is 5.99. The van der Waals surface area contributed by atoms with Gasteiger partial charge in [0, 0.05) is 24.7 Å². The number of hydrogen-bond acceptors (Lipinski definition) is 2. The Labute approximate surface area is 116 Å². The molecule has 1 aromatic carbocycles. The number of aliphatic carboxylic acids is 1. The molecule has 0 radical (unpaired) electrons. The van der Waals surface area contributed by atoms with Gasteiger partial charge in [-0.05, 0) is 18.1 Å². The number of nitrogens with zero attached hydrogens (tertiary/aromatic N) is 1. The van der Waals surface area contributed by atoms with Gasteiger partial charge in [-0.1, -0.05) is 29.8 Å². The molecule has 0 aliphatic carbocycles. The molecule has 1 aromatic rings. The van der Waals surface area contributed by atoms with Crippen LogP contribution in [0, 0.1) is 5.92 Å². The zero-order valence-electron chi connectivity index (χ0n) is 10.3. The monoisotopic (exact) mass is 282 g/mol. The molecule has 1 heterocycles. The zero-order chi connectivity index (χ0) is 13.8. The van der Waals surface area contributed by atoms with Gasteiger partial charge >= 0.3 is 12.0 Å². The molecular weight excluding hydrogens is 268 g/mol. The quantitative estimate of drug-likeness (QED) is 0.890. The van der Waals surface area contributed by atoms with E-state index in [2.05, 4.69) is 5.32 Å². The van der Waals surface area contributed by atoms with Gasteiger partial charge in [-0.2, -0.15) is 0 Å². The molecule has 2 amide bonds. The molecule has 1 fully saturated rings. The molecule has 1 unspecified atom stereocenters. The first kappa shape index (κ1) is 13.7. The van der Waals surface area contributed by atoms with Crippen LogP contribution in [0.3, 0.4) is 0 Å². The minimum absolute atomic E-state index is 0.247. The molecule has 5 nitrogen and oxygen atoms in total. The smallest absolute Gasteiger partial charge is 0.317 e. The molecule has 1 aliphatic heterocycles. The van der Waals surface area contributed by atoms with Crippen molar-refractivity contribution in [1.82, 2.24) is 10.2 Å². The van der Waals surface area contributed by atoms with E-state index in [1.807, 2.05) is 18.2 Å². The Morgan fingerprint density at radius 2 is 2.16 bits per heavy atom. The summed E-state index contributed by atoms with van der Waals surface area (Å²) in [4.78, 5) is 24.2. The fourth-order valence-corrected chi connectivity index (χ4v) is 2.27. The minimum atomic E-state index is -0.846. The van der Waals surface area contributed by atoms with Crippen molar-refractivity contribution >= 4 is 23.6 Å². The molecule has 1 aliphatic rings. The molecule has 6 heteroatoms. The average Bonchev–Trinajstić information content (AvgIpc) is 2.87. The van der Waals surface area contributed by atoms with E-state index in [1.54, 1.807) is 6.07 Å². The number of nitrogens with one attached hydrogen (secondary N) is 1. The van der Waals surface area contributed by atoms with Gasteiger partial charge in [-0.3, -0.25) is 4.79 Å². The number of carboxylic acid groups (broad SMARTS) is 1. The lowest BCUT2D eigenvalue weighted by Crippen LogP contribution is -2.38. The molecule has 0 bridgehead atoms. The third-order valence-electron chi connectivity index (χ3n) is 3.21. The van der Waals surface area contributed by atoms with E-state index in [0.717, 1.165) is 5.56 Å². The zero-order valence-corrected chi connectivity index (χ0v) is 11.1. The number of urea groups is 1. The molecule has 2 rings (SSSR count). The predicted molar refractivity (Wildman–Crippen MR) is 71.0 cm³/mol. The highest BCUT2D eigenvalue weighted by molar-refractivity contribution is 6.31. The van der Waals surface area contributed by atoms with Crippen molar-refractivity contribution in [2.75, 3.05) is 13.1 Å². The van der Waals surface area contributed by atoms with E-state index in [-0.39, 0.29) is 12.6 Å². The van der Waals surface area contributed by atoms with Crippen molar-refractivity contribution in [1.29, 1.82) is 0 Å². The summed E-state index contributed by atoms with van der Waals surface area (Å²) in [5, 5.41) is 12.2. The summed E-state index contributed by atoms with van der Waals surface area (Å²) < 4.78 is 0. The van der Waals surface area contributed by atoms with Gasteiger partial charge in [0.1, 0.15) is 0 Å². The second-order valence-corrected chi connectivity index (χ2v) is 4.93. The van der Waals surface area contributed by atoms with Crippen LogP contribution in [0.4, 0.5) is 4.79 Å². The van der Waals surface area contributed by atoms with E-state index in [0.29, 0.717) is 24.5 Å². The van der Waals surface area contributed by atoms with Crippen molar-refractivity contribution in [2.45, 2.75) is 13.0 Å². The second-order valence-electron chi connectivity index (χ2n) is 4.52. The van der Waals surface area contributed by atoms with Crippen LogP contribution in [0.15, 0.2) is 24.3 Å². The number of hydrogen-bond donors (Lipinski definition) is 2. The predicted octanol–water partition coefficient (Wildman–Crippen LogP) is 1.96. The topological polar surface area (TPSA) is 69.6 Å².